The van der Waals surface area contributed by atoms with Gasteiger partial charge in [0.1, 0.15) is 5.02 Å². The fourth-order valence-corrected chi connectivity index (χ4v) is 3.68. The standard InChI is InChI=1S/C17H19ClN6O/c1-10-7-19-16-14(18)15(21-23(16)8-10)17(25)22-5-4-13(9-22)24-12(3)6-11(2)20-24/h6-8,13H,4-5,9H2,1-3H3. The molecule has 0 aromatic carbocycles. The molecule has 8 heteroatoms. The number of hydrogen-bond acceptors (Lipinski definition) is 4. The molecule has 1 saturated heterocycles. The Labute approximate surface area is 150 Å². The van der Waals surface area contributed by atoms with Gasteiger partial charge in [-0.15, -0.1) is 0 Å². The first kappa shape index (κ1) is 16.1. The maximum atomic E-state index is 12.9. The molecular weight excluding hydrogens is 340 g/mol. The summed E-state index contributed by atoms with van der Waals surface area (Å²) in [6, 6.07) is 2.24. The smallest absolute Gasteiger partial charge is 0.276 e. The molecule has 4 rings (SSSR count). The highest BCUT2D eigenvalue weighted by molar-refractivity contribution is 6.36. The van der Waals surface area contributed by atoms with Crippen molar-refractivity contribution in [3.63, 3.8) is 0 Å². The monoisotopic (exact) mass is 358 g/mol. The molecule has 1 unspecified atom stereocenters. The molecule has 0 spiro atoms. The molecule has 1 aliphatic rings. The van der Waals surface area contributed by atoms with Crippen LogP contribution in [0.1, 0.15) is 39.9 Å². The van der Waals surface area contributed by atoms with Crippen LogP contribution in [-0.2, 0) is 0 Å². The molecule has 1 fully saturated rings. The van der Waals surface area contributed by atoms with Gasteiger partial charge >= 0.3 is 0 Å². The first-order valence-electron chi connectivity index (χ1n) is 8.26. The van der Waals surface area contributed by atoms with Gasteiger partial charge in [0.05, 0.1) is 11.7 Å². The van der Waals surface area contributed by atoms with Crippen LogP contribution >= 0.6 is 11.6 Å². The van der Waals surface area contributed by atoms with E-state index in [0.29, 0.717) is 23.8 Å². The highest BCUT2D eigenvalue weighted by Gasteiger charge is 2.32. The molecule has 1 atom stereocenters. The van der Waals surface area contributed by atoms with Gasteiger partial charge in [0.25, 0.3) is 5.91 Å². The second-order valence-corrected chi connectivity index (χ2v) is 7.01. The summed E-state index contributed by atoms with van der Waals surface area (Å²) in [5.41, 5.74) is 3.82. The van der Waals surface area contributed by atoms with Crippen LogP contribution in [-0.4, -0.2) is 48.3 Å². The number of rotatable bonds is 2. The fraction of sp³-hybridized carbons (Fsp3) is 0.412. The maximum absolute atomic E-state index is 12.9. The third kappa shape index (κ3) is 2.68. The lowest BCUT2D eigenvalue weighted by atomic mass is 10.2. The van der Waals surface area contributed by atoms with Crippen molar-refractivity contribution < 1.29 is 4.79 Å². The Morgan fingerprint density at radius 2 is 2.08 bits per heavy atom. The molecule has 3 aromatic rings. The normalized spacial score (nSPS) is 17.6. The van der Waals surface area contributed by atoms with E-state index in [1.165, 1.54) is 0 Å². The van der Waals surface area contributed by atoms with Gasteiger partial charge in [0.2, 0.25) is 0 Å². The summed E-state index contributed by atoms with van der Waals surface area (Å²) in [6.07, 6.45) is 4.40. The summed E-state index contributed by atoms with van der Waals surface area (Å²) in [4.78, 5) is 19.0. The van der Waals surface area contributed by atoms with Crippen molar-refractivity contribution in [1.29, 1.82) is 0 Å². The molecule has 130 valence electrons. The van der Waals surface area contributed by atoms with E-state index in [4.69, 9.17) is 11.6 Å². The lowest BCUT2D eigenvalue weighted by Gasteiger charge is -2.16. The number of hydrogen-bond donors (Lipinski definition) is 0. The number of carbonyl (C=O) groups excluding carboxylic acids is 1. The van der Waals surface area contributed by atoms with Crippen LogP contribution in [0, 0.1) is 20.8 Å². The number of nitrogens with zero attached hydrogens (tertiary/aromatic N) is 6. The number of halogens is 1. The van der Waals surface area contributed by atoms with Gasteiger partial charge < -0.3 is 4.90 Å². The zero-order valence-corrected chi connectivity index (χ0v) is 15.2. The van der Waals surface area contributed by atoms with Gasteiger partial charge in [-0.2, -0.15) is 10.2 Å². The van der Waals surface area contributed by atoms with Crippen LogP contribution in [0.4, 0.5) is 0 Å². The summed E-state index contributed by atoms with van der Waals surface area (Å²) in [5, 5.41) is 9.19. The lowest BCUT2D eigenvalue weighted by molar-refractivity contribution is 0.0781. The number of likely N-dealkylation sites (tertiary alicyclic amines) is 1. The molecule has 7 nitrogen and oxygen atoms in total. The van der Waals surface area contributed by atoms with Gasteiger partial charge in [0.15, 0.2) is 11.3 Å². The summed E-state index contributed by atoms with van der Waals surface area (Å²) in [6.45, 7) is 7.21. The minimum Gasteiger partial charge on any atom is -0.335 e. The third-order valence-electron chi connectivity index (χ3n) is 4.59. The van der Waals surface area contributed by atoms with Crippen molar-refractivity contribution in [2.75, 3.05) is 13.1 Å². The molecule has 0 saturated carbocycles. The van der Waals surface area contributed by atoms with Crippen molar-refractivity contribution in [3.05, 3.63) is 46.1 Å². The highest BCUT2D eigenvalue weighted by Crippen LogP contribution is 2.27. The van der Waals surface area contributed by atoms with Crippen molar-refractivity contribution >= 4 is 23.2 Å². The summed E-state index contributed by atoms with van der Waals surface area (Å²) < 4.78 is 3.58. The average Bonchev–Trinajstić information content (AvgIpc) is 3.25. The Kier molecular flexibility index (Phi) is 3.76. The van der Waals surface area contributed by atoms with E-state index in [9.17, 15) is 4.79 Å². The molecule has 1 aliphatic heterocycles. The Balaban J connectivity index is 1.60. The van der Waals surface area contributed by atoms with Gasteiger partial charge in [0, 0.05) is 31.2 Å². The fourth-order valence-electron chi connectivity index (χ4n) is 3.43. The van der Waals surface area contributed by atoms with Crippen molar-refractivity contribution in [3.8, 4) is 0 Å². The van der Waals surface area contributed by atoms with Gasteiger partial charge in [-0.1, -0.05) is 11.6 Å². The number of aryl methyl sites for hydroxylation is 3. The molecule has 0 bridgehead atoms. The average molecular weight is 359 g/mol. The number of aromatic nitrogens is 5. The van der Waals surface area contributed by atoms with E-state index in [1.807, 2.05) is 31.6 Å². The van der Waals surface area contributed by atoms with Crippen molar-refractivity contribution in [2.45, 2.75) is 33.2 Å². The van der Waals surface area contributed by atoms with Crippen LogP contribution in [0.3, 0.4) is 0 Å². The molecule has 25 heavy (non-hydrogen) atoms. The number of amides is 1. The SMILES string of the molecule is Cc1cnc2c(Cl)c(C(=O)N3CCC(n4nc(C)cc4C)C3)nn2c1. The van der Waals surface area contributed by atoms with E-state index in [2.05, 4.69) is 21.2 Å². The topological polar surface area (TPSA) is 68.3 Å². The Morgan fingerprint density at radius 1 is 1.28 bits per heavy atom. The minimum absolute atomic E-state index is 0.155. The summed E-state index contributed by atoms with van der Waals surface area (Å²) in [7, 11) is 0. The molecule has 0 aliphatic carbocycles. The van der Waals surface area contributed by atoms with E-state index in [1.54, 1.807) is 15.6 Å². The Bertz CT molecular complexity index is 975. The predicted molar refractivity (Wildman–Crippen MR) is 94.0 cm³/mol. The van der Waals surface area contributed by atoms with Crippen molar-refractivity contribution in [2.24, 2.45) is 0 Å². The number of fused-ring (bicyclic) bond motifs is 1. The molecule has 0 radical (unpaired) electrons. The first-order chi connectivity index (χ1) is 11.9. The van der Waals surface area contributed by atoms with E-state index >= 15 is 0 Å². The third-order valence-corrected chi connectivity index (χ3v) is 4.94. The minimum atomic E-state index is -0.155. The van der Waals surface area contributed by atoms with E-state index in [-0.39, 0.29) is 17.6 Å². The summed E-state index contributed by atoms with van der Waals surface area (Å²) >= 11 is 6.35. The van der Waals surface area contributed by atoms with Crippen LogP contribution in [0.25, 0.3) is 5.65 Å². The van der Waals surface area contributed by atoms with Crippen LogP contribution in [0.2, 0.25) is 5.02 Å². The van der Waals surface area contributed by atoms with E-state index in [0.717, 1.165) is 23.4 Å². The van der Waals surface area contributed by atoms with Gasteiger partial charge in [-0.25, -0.2) is 9.50 Å². The van der Waals surface area contributed by atoms with Crippen LogP contribution in [0.15, 0.2) is 18.5 Å². The van der Waals surface area contributed by atoms with Crippen LogP contribution in [0.5, 0.6) is 0 Å². The van der Waals surface area contributed by atoms with E-state index < -0.39 is 0 Å². The highest BCUT2D eigenvalue weighted by atomic mass is 35.5. The quantitative estimate of drug-likeness (QED) is 0.706. The van der Waals surface area contributed by atoms with Crippen LogP contribution < -0.4 is 0 Å². The Morgan fingerprint density at radius 3 is 2.80 bits per heavy atom. The molecule has 1 amide bonds. The Hall–Kier alpha value is -2.41. The second kappa shape index (κ2) is 5.84. The largest absolute Gasteiger partial charge is 0.335 e. The molecule has 4 heterocycles. The molecule has 0 N–H and O–H groups in total. The lowest BCUT2D eigenvalue weighted by Crippen LogP contribution is -2.30. The predicted octanol–water partition coefficient (Wildman–Crippen LogP) is 2.59. The second-order valence-electron chi connectivity index (χ2n) is 6.63. The number of carbonyl (C=O) groups is 1. The zero-order chi connectivity index (χ0) is 17.7. The molecule has 3 aromatic heterocycles. The first-order valence-corrected chi connectivity index (χ1v) is 8.64. The van der Waals surface area contributed by atoms with Crippen molar-refractivity contribution in [1.82, 2.24) is 29.3 Å². The van der Waals surface area contributed by atoms with Gasteiger partial charge in [-0.3, -0.25) is 9.48 Å². The maximum Gasteiger partial charge on any atom is 0.276 e. The summed E-state index contributed by atoms with van der Waals surface area (Å²) in [5.74, 6) is -0.155. The molecular formula is C17H19ClN6O. The van der Waals surface area contributed by atoms with Gasteiger partial charge in [-0.05, 0) is 38.8 Å². The zero-order valence-electron chi connectivity index (χ0n) is 14.4.